The molecule has 0 radical (unpaired) electrons. The molecule has 2 atom stereocenters. The number of aryl methyl sites for hydroxylation is 1. The predicted molar refractivity (Wildman–Crippen MR) is 135 cm³/mol. The summed E-state index contributed by atoms with van der Waals surface area (Å²) >= 11 is 0. The van der Waals surface area contributed by atoms with Crippen LogP contribution < -0.4 is 5.56 Å². The van der Waals surface area contributed by atoms with Gasteiger partial charge in [0, 0.05) is 44.5 Å². The number of nitrogens with zero attached hydrogens (tertiary/aromatic N) is 6. The van der Waals surface area contributed by atoms with Crippen molar-refractivity contribution in [1.82, 2.24) is 29.2 Å². The topological polar surface area (TPSA) is 106 Å². The molecule has 3 aromatic heterocycles. The molecule has 9 nitrogen and oxygen atoms in total. The number of carbonyl (C=O) groups is 1. The summed E-state index contributed by atoms with van der Waals surface area (Å²) in [7, 11) is 1.65. The number of likely N-dealkylation sites (tertiary alicyclic amines) is 1. The Labute approximate surface area is 221 Å². The smallest absolute Gasteiger partial charge is 0.271 e. The normalized spacial score (nSPS) is 16.0. The zero-order valence-electron chi connectivity index (χ0n) is 21.2. The number of aromatic hydroxyl groups is 1. The van der Waals surface area contributed by atoms with E-state index in [-0.39, 0.29) is 48.2 Å². The highest BCUT2D eigenvalue weighted by Crippen LogP contribution is 2.31. The molecule has 1 saturated heterocycles. The van der Waals surface area contributed by atoms with E-state index in [2.05, 4.69) is 15.1 Å². The van der Waals surface area contributed by atoms with Crippen LogP contribution in [-0.4, -0.2) is 53.3 Å². The van der Waals surface area contributed by atoms with Gasteiger partial charge in [0.1, 0.15) is 23.1 Å². The van der Waals surface area contributed by atoms with Gasteiger partial charge in [-0.25, -0.2) is 13.2 Å². The van der Waals surface area contributed by atoms with E-state index in [0.29, 0.717) is 6.42 Å². The van der Waals surface area contributed by atoms with Crippen LogP contribution in [0.5, 0.6) is 5.88 Å². The number of halogens is 3. The summed E-state index contributed by atoms with van der Waals surface area (Å²) < 4.78 is 45.2. The second kappa shape index (κ2) is 10.4. The fraction of sp³-hybridized carbons (Fsp3) is 0.296. The van der Waals surface area contributed by atoms with Crippen LogP contribution in [0.25, 0.3) is 11.5 Å². The summed E-state index contributed by atoms with van der Waals surface area (Å²) in [6.45, 7) is 2.00. The molecule has 39 heavy (non-hydrogen) atoms. The Kier molecular flexibility index (Phi) is 6.94. The lowest BCUT2D eigenvalue weighted by Crippen LogP contribution is -2.38. The summed E-state index contributed by atoms with van der Waals surface area (Å²) in [4.78, 5) is 37.1. The first-order valence-corrected chi connectivity index (χ1v) is 12.4. The summed E-state index contributed by atoms with van der Waals surface area (Å²) in [5, 5.41) is 15.1. The van der Waals surface area contributed by atoms with Crippen molar-refractivity contribution in [2.75, 3.05) is 13.1 Å². The summed E-state index contributed by atoms with van der Waals surface area (Å²) in [5.41, 5.74) is -0.903. The maximum absolute atomic E-state index is 14.3. The third kappa shape index (κ3) is 4.89. The van der Waals surface area contributed by atoms with Crippen LogP contribution in [0.3, 0.4) is 0 Å². The fourth-order valence-corrected chi connectivity index (χ4v) is 5.07. The van der Waals surface area contributed by atoms with Crippen LogP contribution in [-0.2, 0) is 7.05 Å². The Morgan fingerprint density at radius 3 is 2.56 bits per heavy atom. The molecule has 2 unspecified atom stereocenters. The molecular weight excluding hydrogens is 513 g/mol. The van der Waals surface area contributed by atoms with Crippen molar-refractivity contribution in [3.63, 3.8) is 0 Å². The van der Waals surface area contributed by atoms with Crippen LogP contribution in [0.1, 0.15) is 53.3 Å². The average molecular weight is 539 g/mol. The van der Waals surface area contributed by atoms with E-state index in [9.17, 15) is 27.9 Å². The Morgan fingerprint density at radius 1 is 1.18 bits per heavy atom. The van der Waals surface area contributed by atoms with Gasteiger partial charge in [0.2, 0.25) is 5.88 Å². The molecular formula is C27H25F3N6O3. The summed E-state index contributed by atoms with van der Waals surface area (Å²) in [6.07, 6.45) is 3.68. The zero-order valence-corrected chi connectivity index (χ0v) is 21.2. The van der Waals surface area contributed by atoms with Crippen LogP contribution in [0.2, 0.25) is 0 Å². The van der Waals surface area contributed by atoms with Gasteiger partial charge in [0.25, 0.3) is 11.5 Å². The lowest BCUT2D eigenvalue weighted by Gasteiger charge is -2.24. The number of aromatic nitrogens is 5. The van der Waals surface area contributed by atoms with Gasteiger partial charge < -0.3 is 10.0 Å². The lowest BCUT2D eigenvalue weighted by molar-refractivity contribution is 0.0783. The highest BCUT2D eigenvalue weighted by atomic mass is 19.1. The minimum atomic E-state index is -0.937. The molecule has 1 amide bonds. The van der Waals surface area contributed by atoms with Gasteiger partial charge in [0.05, 0.1) is 11.7 Å². The number of rotatable bonds is 6. The van der Waals surface area contributed by atoms with E-state index < -0.39 is 46.4 Å². The van der Waals surface area contributed by atoms with Gasteiger partial charge in [-0.3, -0.25) is 23.8 Å². The Balaban J connectivity index is 1.61. The molecule has 12 heteroatoms. The average Bonchev–Trinajstić information content (AvgIpc) is 3.55. The van der Waals surface area contributed by atoms with Crippen molar-refractivity contribution >= 4 is 5.91 Å². The molecule has 1 aliphatic rings. The second-order valence-corrected chi connectivity index (χ2v) is 9.42. The van der Waals surface area contributed by atoms with Crippen molar-refractivity contribution < 1.29 is 23.1 Å². The summed E-state index contributed by atoms with van der Waals surface area (Å²) in [6, 6.07) is 6.31. The third-order valence-electron chi connectivity index (χ3n) is 6.87. The number of carbonyl (C=O) groups excluding carboxylic acids is 1. The number of hydrogen-bond donors (Lipinski definition) is 1. The van der Waals surface area contributed by atoms with E-state index in [4.69, 9.17) is 0 Å². The molecule has 1 N–H and O–H groups in total. The molecule has 5 rings (SSSR count). The molecule has 1 aliphatic heterocycles. The molecule has 0 bridgehead atoms. The van der Waals surface area contributed by atoms with Crippen molar-refractivity contribution in [2.24, 2.45) is 7.05 Å². The standard InChI is InChI=1S/C27H25F3N6O3/c1-3-21(16-11-17(28)13-18(29)12-16)36-24(20-7-9-34(2)33-20)32-25(37)22(27(36)39)26(38)35-10-6-15(14-35)23-19(30)5-4-8-31-23/h4-5,7-9,11-13,15,21,37H,3,6,10,14H2,1-2H3. The van der Waals surface area contributed by atoms with E-state index in [1.807, 2.05) is 0 Å². The van der Waals surface area contributed by atoms with Crippen molar-refractivity contribution in [3.05, 3.63) is 93.4 Å². The fourth-order valence-electron chi connectivity index (χ4n) is 5.07. The van der Waals surface area contributed by atoms with Crippen molar-refractivity contribution in [3.8, 4) is 17.4 Å². The van der Waals surface area contributed by atoms with E-state index >= 15 is 0 Å². The summed E-state index contributed by atoms with van der Waals surface area (Å²) in [5.74, 6) is -4.19. The third-order valence-corrected chi connectivity index (χ3v) is 6.87. The SMILES string of the molecule is CCC(c1cc(F)cc(F)c1)n1c(-c2ccn(C)n2)nc(O)c(C(=O)N2CCC(c3ncccc3F)C2)c1=O. The quantitative estimate of drug-likeness (QED) is 0.401. The van der Waals surface area contributed by atoms with Gasteiger partial charge >= 0.3 is 0 Å². The Hall–Kier alpha value is -4.48. The van der Waals surface area contributed by atoms with Crippen LogP contribution >= 0.6 is 0 Å². The predicted octanol–water partition coefficient (Wildman–Crippen LogP) is 3.79. The number of benzene rings is 1. The first-order valence-electron chi connectivity index (χ1n) is 12.4. The molecule has 4 aromatic rings. The lowest BCUT2D eigenvalue weighted by atomic mass is 10.0. The molecule has 1 fully saturated rings. The first kappa shape index (κ1) is 26.1. The van der Waals surface area contributed by atoms with Gasteiger partial charge in [-0.15, -0.1) is 0 Å². The molecule has 1 aromatic carbocycles. The molecule has 0 aliphatic carbocycles. The van der Waals surface area contributed by atoms with Crippen LogP contribution in [0, 0.1) is 17.5 Å². The number of amides is 1. The zero-order chi connectivity index (χ0) is 27.8. The van der Waals surface area contributed by atoms with Crippen molar-refractivity contribution in [1.29, 1.82) is 0 Å². The molecule has 0 saturated carbocycles. The largest absolute Gasteiger partial charge is 0.493 e. The second-order valence-electron chi connectivity index (χ2n) is 9.42. The molecule has 0 spiro atoms. The highest BCUT2D eigenvalue weighted by Gasteiger charge is 2.35. The maximum Gasteiger partial charge on any atom is 0.271 e. The Morgan fingerprint density at radius 2 is 1.92 bits per heavy atom. The van der Waals surface area contributed by atoms with Gasteiger partial charge in [-0.05, 0) is 48.7 Å². The van der Waals surface area contributed by atoms with E-state index in [0.717, 1.165) is 22.8 Å². The number of hydrogen-bond acceptors (Lipinski definition) is 6. The monoisotopic (exact) mass is 538 g/mol. The van der Waals surface area contributed by atoms with Gasteiger partial charge in [-0.2, -0.15) is 10.1 Å². The minimum Gasteiger partial charge on any atom is -0.493 e. The Bertz CT molecular complexity index is 1600. The maximum atomic E-state index is 14.3. The minimum absolute atomic E-state index is 0.0685. The molecule has 202 valence electrons. The van der Waals surface area contributed by atoms with Crippen LogP contribution in [0.15, 0.2) is 53.6 Å². The van der Waals surface area contributed by atoms with Gasteiger partial charge in [-0.1, -0.05) is 6.92 Å². The van der Waals surface area contributed by atoms with E-state index in [1.165, 1.54) is 27.9 Å². The number of pyridine rings is 1. The van der Waals surface area contributed by atoms with E-state index in [1.54, 1.807) is 26.2 Å². The van der Waals surface area contributed by atoms with Crippen LogP contribution in [0.4, 0.5) is 13.2 Å². The van der Waals surface area contributed by atoms with Crippen molar-refractivity contribution in [2.45, 2.75) is 31.7 Å². The first-order chi connectivity index (χ1) is 18.7. The van der Waals surface area contributed by atoms with Gasteiger partial charge in [0.15, 0.2) is 11.4 Å². The highest BCUT2D eigenvalue weighted by molar-refractivity contribution is 5.96. The molecule has 4 heterocycles.